The van der Waals surface area contributed by atoms with Gasteiger partial charge in [0.2, 0.25) is 0 Å². The van der Waals surface area contributed by atoms with E-state index in [9.17, 15) is 4.79 Å². The van der Waals surface area contributed by atoms with Crippen molar-refractivity contribution in [3.05, 3.63) is 40.6 Å². The molecule has 5 nitrogen and oxygen atoms in total. The second kappa shape index (κ2) is 7.90. The van der Waals surface area contributed by atoms with E-state index in [1.807, 2.05) is 18.2 Å². The number of hydrogen-bond acceptors (Lipinski definition) is 4. The first-order valence-electron chi connectivity index (χ1n) is 9.84. The second-order valence-electron chi connectivity index (χ2n) is 7.42. The van der Waals surface area contributed by atoms with E-state index in [1.54, 1.807) is 11.3 Å². The van der Waals surface area contributed by atoms with Gasteiger partial charge in [-0.25, -0.2) is 0 Å². The van der Waals surface area contributed by atoms with Gasteiger partial charge < -0.3 is 19.7 Å². The summed E-state index contributed by atoms with van der Waals surface area (Å²) in [6.07, 6.45) is 5.38. The van der Waals surface area contributed by atoms with Crippen molar-refractivity contribution in [2.24, 2.45) is 0 Å². The lowest BCUT2D eigenvalue weighted by Crippen LogP contribution is -3.11. The van der Waals surface area contributed by atoms with E-state index in [2.05, 4.69) is 29.8 Å². The summed E-state index contributed by atoms with van der Waals surface area (Å²) in [7, 11) is 0. The van der Waals surface area contributed by atoms with Crippen LogP contribution < -0.4 is 19.7 Å². The van der Waals surface area contributed by atoms with E-state index in [-0.39, 0.29) is 5.91 Å². The lowest BCUT2D eigenvalue weighted by molar-refractivity contribution is -0.903. The van der Waals surface area contributed by atoms with Crippen LogP contribution in [0.3, 0.4) is 0 Å². The Morgan fingerprint density at radius 1 is 1.19 bits per heavy atom. The van der Waals surface area contributed by atoms with Crippen molar-refractivity contribution in [2.45, 2.75) is 51.4 Å². The molecule has 1 atom stereocenters. The van der Waals surface area contributed by atoms with Gasteiger partial charge in [0.25, 0.3) is 11.7 Å². The van der Waals surface area contributed by atoms with E-state index < -0.39 is 5.79 Å². The average Bonchev–Trinajstić information content (AvgIpc) is 3.28. The summed E-state index contributed by atoms with van der Waals surface area (Å²) in [4.78, 5) is 15.1. The van der Waals surface area contributed by atoms with Crippen LogP contribution in [0.2, 0.25) is 0 Å². The maximum absolute atomic E-state index is 12.5. The van der Waals surface area contributed by atoms with Gasteiger partial charge in [-0.3, -0.25) is 4.79 Å². The van der Waals surface area contributed by atoms with Crippen molar-refractivity contribution in [3.8, 4) is 11.5 Å². The normalized spacial score (nSPS) is 18.4. The summed E-state index contributed by atoms with van der Waals surface area (Å²) >= 11 is 1.74. The first kappa shape index (κ1) is 18.3. The van der Waals surface area contributed by atoms with Crippen LogP contribution in [-0.4, -0.2) is 24.8 Å². The fourth-order valence-corrected chi connectivity index (χ4v) is 4.65. The zero-order chi connectivity index (χ0) is 18.7. The Balaban J connectivity index is 1.36. The molecule has 1 aromatic carbocycles. The fourth-order valence-electron chi connectivity index (χ4n) is 3.87. The van der Waals surface area contributed by atoms with Crippen molar-refractivity contribution < 1.29 is 19.2 Å². The number of amides is 1. The minimum Gasteiger partial charge on any atom is -0.448 e. The van der Waals surface area contributed by atoms with Crippen molar-refractivity contribution in [3.63, 3.8) is 0 Å². The number of nitrogens with one attached hydrogen (secondary N) is 2. The lowest BCUT2D eigenvalue weighted by Gasteiger charge is -2.31. The van der Waals surface area contributed by atoms with Crippen LogP contribution in [0.25, 0.3) is 0 Å². The molecule has 0 saturated heterocycles. The number of fused-ring (bicyclic) bond motifs is 1. The molecule has 6 heteroatoms. The predicted octanol–water partition coefficient (Wildman–Crippen LogP) is 3.22. The molecule has 4 rings (SSSR count). The number of carbonyl (C=O) groups is 1. The Hall–Kier alpha value is -2.05. The summed E-state index contributed by atoms with van der Waals surface area (Å²) in [5.41, 5.74) is 0.766. The molecule has 2 heterocycles. The van der Waals surface area contributed by atoms with Crippen molar-refractivity contribution in [2.75, 3.05) is 18.4 Å². The Morgan fingerprint density at radius 3 is 2.74 bits per heavy atom. The maximum Gasteiger partial charge on any atom is 0.279 e. The van der Waals surface area contributed by atoms with Crippen LogP contribution in [0, 0.1) is 0 Å². The van der Waals surface area contributed by atoms with Gasteiger partial charge in [0.1, 0.15) is 6.54 Å². The molecule has 1 fully saturated rings. The zero-order valence-corrected chi connectivity index (χ0v) is 16.6. The molecule has 2 aliphatic rings. The minimum absolute atomic E-state index is 0.0228. The molecule has 1 amide bonds. The number of benzene rings is 1. The topological polar surface area (TPSA) is 52.0 Å². The summed E-state index contributed by atoms with van der Waals surface area (Å²) in [6.45, 7) is 4.35. The van der Waals surface area contributed by atoms with Gasteiger partial charge in [-0.2, -0.15) is 0 Å². The van der Waals surface area contributed by atoms with Crippen LogP contribution >= 0.6 is 11.3 Å². The van der Waals surface area contributed by atoms with Gasteiger partial charge in [0.15, 0.2) is 18.0 Å². The monoisotopic (exact) mass is 387 g/mol. The highest BCUT2D eigenvalue weighted by Crippen LogP contribution is 2.46. The first-order valence-corrected chi connectivity index (χ1v) is 10.7. The van der Waals surface area contributed by atoms with E-state index in [0.717, 1.165) is 56.0 Å². The third kappa shape index (κ3) is 4.28. The van der Waals surface area contributed by atoms with Gasteiger partial charge in [-0.15, -0.1) is 11.3 Å². The highest BCUT2D eigenvalue weighted by molar-refractivity contribution is 7.09. The largest absolute Gasteiger partial charge is 0.448 e. The van der Waals surface area contributed by atoms with Crippen LogP contribution in [-0.2, 0) is 11.3 Å². The molecule has 2 aromatic rings. The standard InChI is InChI=1S/C21H26N2O3S/c1-2-23(14-17-7-6-12-27-17)15-20(24)22-16-8-9-18-19(13-16)26-21(25-18)10-4-3-5-11-21/h6-9,12-13H,2-5,10-11,14-15H2,1H3,(H,22,24)/p+1. The SMILES string of the molecule is CC[NH+](CC(=O)Nc1ccc2c(c1)OC1(CCCCC1)O2)Cc1cccs1. The van der Waals surface area contributed by atoms with Gasteiger partial charge in [-0.1, -0.05) is 12.5 Å². The molecule has 1 spiro atoms. The quantitative estimate of drug-likeness (QED) is 0.800. The number of quaternary nitrogens is 1. The number of thiophene rings is 1. The molecule has 1 aliphatic carbocycles. The number of anilines is 1. The fraction of sp³-hybridized carbons (Fsp3) is 0.476. The summed E-state index contributed by atoms with van der Waals surface area (Å²) in [5, 5.41) is 5.09. The molecule has 1 saturated carbocycles. The molecule has 144 valence electrons. The van der Waals surface area contributed by atoms with Gasteiger partial charge in [-0.05, 0) is 43.3 Å². The van der Waals surface area contributed by atoms with Crippen molar-refractivity contribution in [1.29, 1.82) is 0 Å². The first-order chi connectivity index (χ1) is 13.2. The summed E-state index contributed by atoms with van der Waals surface area (Å²) < 4.78 is 12.3. The highest BCUT2D eigenvalue weighted by atomic mass is 32.1. The molecule has 0 radical (unpaired) electrons. The van der Waals surface area contributed by atoms with Crippen molar-refractivity contribution >= 4 is 22.9 Å². The predicted molar refractivity (Wildman–Crippen MR) is 107 cm³/mol. The van der Waals surface area contributed by atoms with Crippen LogP contribution in [0.15, 0.2) is 35.7 Å². The second-order valence-corrected chi connectivity index (χ2v) is 8.45. The highest BCUT2D eigenvalue weighted by Gasteiger charge is 2.42. The van der Waals surface area contributed by atoms with Gasteiger partial charge >= 0.3 is 0 Å². The molecule has 1 aliphatic heterocycles. The smallest absolute Gasteiger partial charge is 0.279 e. The summed E-state index contributed by atoms with van der Waals surface area (Å²) in [6, 6.07) is 9.87. The Kier molecular flexibility index (Phi) is 5.36. The molecular formula is C21H27N2O3S+. The Morgan fingerprint density at radius 2 is 2.00 bits per heavy atom. The zero-order valence-electron chi connectivity index (χ0n) is 15.8. The molecule has 1 unspecified atom stereocenters. The van der Waals surface area contributed by atoms with E-state index in [1.165, 1.54) is 16.2 Å². The van der Waals surface area contributed by atoms with Crippen molar-refractivity contribution in [1.82, 2.24) is 0 Å². The van der Waals surface area contributed by atoms with Crippen LogP contribution in [0.1, 0.15) is 43.9 Å². The third-order valence-corrected chi connectivity index (χ3v) is 6.23. The average molecular weight is 388 g/mol. The Labute approximate surface area is 164 Å². The number of rotatable bonds is 6. The number of carbonyl (C=O) groups excluding carboxylic acids is 1. The van der Waals surface area contributed by atoms with Crippen LogP contribution in [0.5, 0.6) is 11.5 Å². The molecular weight excluding hydrogens is 360 g/mol. The van der Waals surface area contributed by atoms with E-state index in [4.69, 9.17) is 9.47 Å². The number of ether oxygens (including phenoxy) is 2. The molecule has 27 heavy (non-hydrogen) atoms. The molecule has 2 N–H and O–H groups in total. The Bertz CT molecular complexity index is 785. The number of hydrogen-bond donors (Lipinski definition) is 2. The maximum atomic E-state index is 12.5. The van der Waals surface area contributed by atoms with E-state index >= 15 is 0 Å². The van der Waals surface area contributed by atoms with Gasteiger partial charge in [0.05, 0.1) is 11.4 Å². The number of likely N-dealkylation sites (N-methyl/N-ethyl adjacent to an activating group) is 1. The third-order valence-electron chi connectivity index (χ3n) is 5.35. The van der Waals surface area contributed by atoms with E-state index in [0.29, 0.717) is 6.54 Å². The summed E-state index contributed by atoms with van der Waals surface area (Å²) in [5.74, 6) is 1.07. The molecule has 0 bridgehead atoms. The lowest BCUT2D eigenvalue weighted by atomic mass is 9.94. The van der Waals surface area contributed by atoms with Crippen LogP contribution in [0.4, 0.5) is 5.69 Å². The molecule has 1 aromatic heterocycles. The van der Waals surface area contributed by atoms with Gasteiger partial charge in [0, 0.05) is 24.6 Å². The minimum atomic E-state index is -0.479.